The maximum atomic E-state index is 12.9. The fraction of sp³-hybridized carbons (Fsp3) is 0.500. The predicted molar refractivity (Wildman–Crippen MR) is 108 cm³/mol. The summed E-state index contributed by atoms with van der Waals surface area (Å²) in [6.45, 7) is 10.4. The van der Waals surface area contributed by atoms with Crippen LogP contribution in [0.1, 0.15) is 53.8 Å². The third-order valence-corrected chi connectivity index (χ3v) is 4.34. The van der Waals surface area contributed by atoms with Gasteiger partial charge >= 0.3 is 0 Å². The molecule has 2 rings (SSSR count). The second-order valence-corrected chi connectivity index (χ2v) is 9.30. The number of carbonyl (C=O) groups is 2. The molecule has 0 aliphatic rings. The molecule has 8 nitrogen and oxygen atoms in total. The lowest BCUT2D eigenvalue weighted by atomic mass is 9.95. The van der Waals surface area contributed by atoms with Crippen LogP contribution in [0.3, 0.4) is 0 Å². The standard InChI is InChI=1S/C18H23BrF2N6O2/c1-17(2,3)15(28)24-12-9(19)7-10(27-8-22-14(26-27)11(20)21)13(23-12)25-16(29)18(4,5)6/h7-8,11H,1-6H3,(H2,23,24,25,28,29). The van der Waals surface area contributed by atoms with Crippen molar-refractivity contribution in [2.24, 2.45) is 10.8 Å². The molecule has 0 aliphatic carbocycles. The van der Waals surface area contributed by atoms with Gasteiger partial charge in [-0.15, -0.1) is 5.10 Å². The van der Waals surface area contributed by atoms with Gasteiger partial charge in [0, 0.05) is 10.8 Å². The van der Waals surface area contributed by atoms with Crippen LogP contribution in [0.5, 0.6) is 0 Å². The van der Waals surface area contributed by atoms with E-state index in [1.54, 1.807) is 41.5 Å². The number of amides is 2. The molecule has 0 bridgehead atoms. The fourth-order valence-corrected chi connectivity index (χ4v) is 2.32. The van der Waals surface area contributed by atoms with Crippen molar-refractivity contribution in [3.8, 4) is 5.69 Å². The van der Waals surface area contributed by atoms with Crippen molar-refractivity contribution in [3.63, 3.8) is 0 Å². The minimum atomic E-state index is -2.84. The van der Waals surface area contributed by atoms with Crippen LogP contribution in [0, 0.1) is 10.8 Å². The number of carbonyl (C=O) groups excluding carboxylic acids is 2. The molecule has 0 atom stereocenters. The summed E-state index contributed by atoms with van der Waals surface area (Å²) < 4.78 is 27.2. The molecule has 2 heterocycles. The Morgan fingerprint density at radius 3 is 2.00 bits per heavy atom. The first-order valence-electron chi connectivity index (χ1n) is 8.73. The van der Waals surface area contributed by atoms with Crippen LogP contribution < -0.4 is 10.6 Å². The third-order valence-electron chi connectivity index (χ3n) is 3.73. The summed E-state index contributed by atoms with van der Waals surface area (Å²) in [4.78, 5) is 32.7. The summed E-state index contributed by atoms with van der Waals surface area (Å²) in [6.07, 6.45) is -1.74. The number of nitrogens with one attached hydrogen (secondary N) is 2. The highest BCUT2D eigenvalue weighted by Crippen LogP contribution is 2.31. The van der Waals surface area contributed by atoms with E-state index in [-0.39, 0.29) is 29.1 Å². The van der Waals surface area contributed by atoms with Gasteiger partial charge in [-0.2, -0.15) is 0 Å². The van der Waals surface area contributed by atoms with Crippen LogP contribution in [0.4, 0.5) is 20.4 Å². The van der Waals surface area contributed by atoms with Gasteiger partial charge in [0.2, 0.25) is 17.6 Å². The normalized spacial score (nSPS) is 12.2. The Morgan fingerprint density at radius 1 is 1.03 bits per heavy atom. The number of aromatic nitrogens is 4. The lowest BCUT2D eigenvalue weighted by molar-refractivity contribution is -0.123. The van der Waals surface area contributed by atoms with Gasteiger partial charge in [-0.1, -0.05) is 41.5 Å². The molecule has 0 radical (unpaired) electrons. The zero-order chi connectivity index (χ0) is 22.1. The highest BCUT2D eigenvalue weighted by molar-refractivity contribution is 9.10. The number of alkyl halides is 2. The van der Waals surface area contributed by atoms with Crippen molar-refractivity contribution in [1.29, 1.82) is 0 Å². The summed E-state index contributed by atoms with van der Waals surface area (Å²) in [5, 5.41) is 9.10. The van der Waals surface area contributed by atoms with Gasteiger partial charge in [0.15, 0.2) is 5.82 Å². The first-order chi connectivity index (χ1) is 13.2. The van der Waals surface area contributed by atoms with E-state index in [0.717, 1.165) is 11.0 Å². The molecule has 11 heteroatoms. The number of rotatable bonds is 4. The molecule has 0 unspecified atom stereocenters. The molecular weight excluding hydrogens is 450 g/mol. The SMILES string of the molecule is CC(C)(C)C(=O)Nc1nc(NC(=O)C(C)(C)C)c(-n2cnc(C(F)F)n2)cc1Br. The average Bonchev–Trinajstić information content (AvgIpc) is 3.05. The fourth-order valence-electron chi connectivity index (χ4n) is 1.92. The number of nitrogens with zero attached hydrogens (tertiary/aromatic N) is 4. The number of pyridine rings is 1. The van der Waals surface area contributed by atoms with Crippen LogP contribution in [-0.4, -0.2) is 31.6 Å². The van der Waals surface area contributed by atoms with Crippen molar-refractivity contribution in [2.45, 2.75) is 48.0 Å². The van der Waals surface area contributed by atoms with Crippen molar-refractivity contribution < 1.29 is 18.4 Å². The van der Waals surface area contributed by atoms with Crippen LogP contribution in [0.15, 0.2) is 16.9 Å². The molecule has 0 saturated heterocycles. The smallest absolute Gasteiger partial charge is 0.299 e. The Kier molecular flexibility index (Phi) is 6.41. The van der Waals surface area contributed by atoms with Crippen LogP contribution >= 0.6 is 15.9 Å². The van der Waals surface area contributed by atoms with Gasteiger partial charge in [-0.25, -0.2) is 23.4 Å². The summed E-state index contributed by atoms with van der Waals surface area (Å²) in [6, 6.07) is 1.51. The molecule has 2 amide bonds. The van der Waals surface area contributed by atoms with Crippen molar-refractivity contribution in [3.05, 3.63) is 22.7 Å². The third kappa shape index (κ3) is 5.55. The van der Waals surface area contributed by atoms with Crippen LogP contribution in [-0.2, 0) is 9.59 Å². The number of halogens is 3. The lowest BCUT2D eigenvalue weighted by Crippen LogP contribution is -2.30. The Balaban J connectivity index is 2.55. The molecule has 0 spiro atoms. The summed E-state index contributed by atoms with van der Waals surface area (Å²) in [5.74, 6) is -1.07. The Morgan fingerprint density at radius 2 is 1.55 bits per heavy atom. The van der Waals surface area contributed by atoms with Gasteiger partial charge in [0.05, 0.1) is 4.47 Å². The molecule has 2 N–H and O–H groups in total. The minimum absolute atomic E-state index is 0.0445. The first-order valence-corrected chi connectivity index (χ1v) is 9.53. The second-order valence-electron chi connectivity index (χ2n) is 8.44. The van der Waals surface area contributed by atoms with E-state index in [1.807, 2.05) is 0 Å². The zero-order valence-electron chi connectivity index (χ0n) is 17.0. The Bertz CT molecular complexity index is 931. The molecule has 0 saturated carbocycles. The Labute approximate surface area is 175 Å². The molecule has 0 fully saturated rings. The Hall–Kier alpha value is -2.43. The van der Waals surface area contributed by atoms with Crippen molar-refractivity contribution >= 4 is 39.4 Å². The van der Waals surface area contributed by atoms with Crippen molar-refractivity contribution in [1.82, 2.24) is 19.7 Å². The minimum Gasteiger partial charge on any atom is -0.309 e. The van der Waals surface area contributed by atoms with Gasteiger partial charge in [-0.3, -0.25) is 9.59 Å². The molecule has 2 aromatic heterocycles. The average molecular weight is 473 g/mol. The van der Waals surface area contributed by atoms with Gasteiger partial charge in [0.25, 0.3) is 6.43 Å². The zero-order valence-corrected chi connectivity index (χ0v) is 18.6. The highest BCUT2D eigenvalue weighted by atomic mass is 79.9. The second kappa shape index (κ2) is 8.13. The number of anilines is 2. The molecule has 29 heavy (non-hydrogen) atoms. The van der Waals surface area contributed by atoms with Gasteiger partial charge < -0.3 is 10.6 Å². The van der Waals surface area contributed by atoms with E-state index in [0.29, 0.717) is 4.47 Å². The van der Waals surface area contributed by atoms with E-state index in [1.165, 1.54) is 6.07 Å². The van der Waals surface area contributed by atoms with E-state index in [9.17, 15) is 18.4 Å². The summed E-state index contributed by atoms with van der Waals surface area (Å²) in [5.41, 5.74) is -1.20. The summed E-state index contributed by atoms with van der Waals surface area (Å²) in [7, 11) is 0. The topological polar surface area (TPSA) is 102 Å². The van der Waals surface area contributed by atoms with Gasteiger partial charge in [-0.05, 0) is 22.0 Å². The van der Waals surface area contributed by atoms with Crippen LogP contribution in [0.2, 0.25) is 0 Å². The number of hydrogen-bond donors (Lipinski definition) is 2. The van der Waals surface area contributed by atoms with E-state index >= 15 is 0 Å². The predicted octanol–water partition coefficient (Wildman–Crippen LogP) is 4.33. The maximum Gasteiger partial charge on any atom is 0.299 e. The van der Waals surface area contributed by atoms with Gasteiger partial charge in [0.1, 0.15) is 17.8 Å². The van der Waals surface area contributed by atoms with Crippen molar-refractivity contribution in [2.75, 3.05) is 10.6 Å². The monoisotopic (exact) mass is 472 g/mol. The largest absolute Gasteiger partial charge is 0.309 e. The first kappa shape index (κ1) is 22.9. The molecule has 158 valence electrons. The maximum absolute atomic E-state index is 12.9. The molecular formula is C18H23BrF2N6O2. The lowest BCUT2D eigenvalue weighted by Gasteiger charge is -2.21. The molecule has 2 aromatic rings. The summed E-state index contributed by atoms with van der Waals surface area (Å²) >= 11 is 3.32. The molecule has 0 aromatic carbocycles. The van der Waals surface area contributed by atoms with Crippen LogP contribution in [0.25, 0.3) is 5.69 Å². The molecule has 0 aliphatic heterocycles. The van der Waals surface area contributed by atoms with E-state index in [2.05, 4.69) is 41.6 Å². The van der Waals surface area contributed by atoms with E-state index in [4.69, 9.17) is 0 Å². The number of hydrogen-bond acceptors (Lipinski definition) is 5. The quantitative estimate of drug-likeness (QED) is 0.689. The van der Waals surface area contributed by atoms with E-state index < -0.39 is 23.1 Å². The highest BCUT2D eigenvalue weighted by Gasteiger charge is 2.26.